The molecule has 0 amide bonds. The maximum absolute atomic E-state index is 12.8. The van der Waals surface area contributed by atoms with Gasteiger partial charge >= 0.3 is 6.18 Å². The van der Waals surface area contributed by atoms with Crippen molar-refractivity contribution in [3.63, 3.8) is 0 Å². The van der Waals surface area contributed by atoms with E-state index >= 15 is 0 Å². The highest BCUT2D eigenvalue weighted by molar-refractivity contribution is 7.91. The minimum Gasteiger partial charge on any atom is -0.364 e. The van der Waals surface area contributed by atoms with Crippen molar-refractivity contribution in [2.75, 3.05) is 29.2 Å². The van der Waals surface area contributed by atoms with Gasteiger partial charge in [0.05, 0.1) is 17.0 Å². The van der Waals surface area contributed by atoms with Gasteiger partial charge in [0.2, 0.25) is 5.95 Å². The van der Waals surface area contributed by atoms with Crippen LogP contribution in [0.25, 0.3) is 0 Å². The van der Waals surface area contributed by atoms with Crippen LogP contribution in [0.2, 0.25) is 0 Å². The largest absolute Gasteiger partial charge is 0.433 e. The standard InChI is InChI=1S/C11H15F3N4O2S/c1-10(3-4-21(19,20)6-10)18-8-5-7(11(12,13)14)16-9(15-2)17-8/h5H,3-4,6H2,1-2H3,(H2,15,16,17,18). The van der Waals surface area contributed by atoms with Gasteiger partial charge in [0, 0.05) is 13.1 Å². The molecular formula is C11H15F3N4O2S. The number of alkyl halides is 3. The van der Waals surface area contributed by atoms with E-state index in [1.807, 2.05) is 0 Å². The first-order chi connectivity index (χ1) is 9.53. The monoisotopic (exact) mass is 324 g/mol. The highest BCUT2D eigenvalue weighted by atomic mass is 32.2. The zero-order valence-electron chi connectivity index (χ0n) is 11.5. The Hall–Kier alpha value is -1.58. The normalized spacial score (nSPS) is 24.8. The van der Waals surface area contributed by atoms with E-state index in [-0.39, 0.29) is 23.3 Å². The van der Waals surface area contributed by atoms with Gasteiger partial charge in [0.15, 0.2) is 15.5 Å². The Morgan fingerprint density at radius 1 is 1.33 bits per heavy atom. The summed E-state index contributed by atoms with van der Waals surface area (Å²) < 4.78 is 61.4. The molecule has 1 aliphatic heterocycles. The maximum atomic E-state index is 12.8. The van der Waals surface area contributed by atoms with E-state index in [1.165, 1.54) is 7.05 Å². The summed E-state index contributed by atoms with van der Waals surface area (Å²) in [6, 6.07) is 0.775. The van der Waals surface area contributed by atoms with Gasteiger partial charge in [-0.3, -0.25) is 0 Å². The van der Waals surface area contributed by atoms with Crippen molar-refractivity contribution in [2.45, 2.75) is 25.1 Å². The molecule has 1 aromatic heterocycles. The van der Waals surface area contributed by atoms with E-state index in [2.05, 4.69) is 20.6 Å². The minimum atomic E-state index is -4.60. The van der Waals surface area contributed by atoms with Gasteiger partial charge in [0.25, 0.3) is 0 Å². The van der Waals surface area contributed by atoms with Crippen LogP contribution in [0.15, 0.2) is 6.07 Å². The average Bonchev–Trinajstić information content (AvgIpc) is 2.61. The molecule has 1 unspecified atom stereocenters. The van der Waals surface area contributed by atoms with E-state index in [1.54, 1.807) is 6.92 Å². The Bertz CT molecular complexity index is 647. The molecule has 21 heavy (non-hydrogen) atoms. The van der Waals surface area contributed by atoms with Gasteiger partial charge in [0.1, 0.15) is 5.82 Å². The van der Waals surface area contributed by atoms with Gasteiger partial charge in [-0.15, -0.1) is 0 Å². The Kier molecular flexibility index (Phi) is 3.77. The van der Waals surface area contributed by atoms with Gasteiger partial charge in [-0.2, -0.15) is 18.2 Å². The first kappa shape index (κ1) is 15.8. The number of nitrogens with one attached hydrogen (secondary N) is 2. The summed E-state index contributed by atoms with van der Waals surface area (Å²) in [6.45, 7) is 1.64. The number of nitrogens with zero attached hydrogens (tertiary/aromatic N) is 2. The van der Waals surface area contributed by atoms with Gasteiger partial charge in [-0.1, -0.05) is 0 Å². The summed E-state index contributed by atoms with van der Waals surface area (Å²) in [6.07, 6.45) is -4.29. The van der Waals surface area contributed by atoms with Crippen molar-refractivity contribution in [3.05, 3.63) is 11.8 Å². The Morgan fingerprint density at radius 2 is 2.00 bits per heavy atom. The summed E-state index contributed by atoms with van der Waals surface area (Å²) in [5.41, 5.74) is -1.92. The molecular weight excluding hydrogens is 309 g/mol. The summed E-state index contributed by atoms with van der Waals surface area (Å²) in [7, 11) is -1.77. The number of anilines is 2. The lowest BCUT2D eigenvalue weighted by Crippen LogP contribution is -2.36. The van der Waals surface area contributed by atoms with Crippen molar-refractivity contribution in [1.82, 2.24) is 9.97 Å². The van der Waals surface area contributed by atoms with Gasteiger partial charge in [-0.05, 0) is 13.3 Å². The molecule has 1 saturated heterocycles. The van der Waals surface area contributed by atoms with Crippen molar-refractivity contribution >= 4 is 21.6 Å². The molecule has 0 bridgehead atoms. The second kappa shape index (κ2) is 5.00. The number of aromatic nitrogens is 2. The molecule has 0 aliphatic carbocycles. The number of hydrogen-bond donors (Lipinski definition) is 2. The fraction of sp³-hybridized carbons (Fsp3) is 0.636. The van der Waals surface area contributed by atoms with Crippen LogP contribution in [0.5, 0.6) is 0 Å². The van der Waals surface area contributed by atoms with Gasteiger partial charge < -0.3 is 10.6 Å². The first-order valence-corrected chi connectivity index (χ1v) is 7.98. The second-order valence-corrected chi connectivity index (χ2v) is 7.42. The van der Waals surface area contributed by atoms with Gasteiger partial charge in [-0.25, -0.2) is 13.4 Å². The molecule has 118 valence electrons. The van der Waals surface area contributed by atoms with Crippen LogP contribution in [0, 0.1) is 0 Å². The van der Waals surface area contributed by atoms with Crippen LogP contribution in [0.1, 0.15) is 19.0 Å². The zero-order chi connectivity index (χ0) is 15.9. The lowest BCUT2D eigenvalue weighted by atomic mass is 10.0. The second-order valence-electron chi connectivity index (χ2n) is 5.24. The van der Waals surface area contributed by atoms with Crippen LogP contribution >= 0.6 is 0 Å². The summed E-state index contributed by atoms with van der Waals surface area (Å²) in [5, 5.41) is 5.24. The molecule has 0 spiro atoms. The van der Waals surface area contributed by atoms with Crippen molar-refractivity contribution in [2.24, 2.45) is 0 Å². The molecule has 6 nitrogen and oxygen atoms in total. The Labute approximate surface area is 120 Å². The minimum absolute atomic E-state index is 0.00654. The van der Waals surface area contributed by atoms with Crippen LogP contribution < -0.4 is 10.6 Å². The number of hydrogen-bond acceptors (Lipinski definition) is 6. The zero-order valence-corrected chi connectivity index (χ0v) is 12.3. The fourth-order valence-corrected chi connectivity index (χ4v) is 4.28. The van der Waals surface area contributed by atoms with Crippen LogP contribution in [-0.4, -0.2) is 42.5 Å². The number of sulfone groups is 1. The molecule has 1 aliphatic rings. The maximum Gasteiger partial charge on any atom is 0.433 e. The molecule has 2 rings (SSSR count). The fourth-order valence-electron chi connectivity index (χ4n) is 2.19. The van der Waals surface area contributed by atoms with Crippen molar-refractivity contribution in [1.29, 1.82) is 0 Å². The highest BCUT2D eigenvalue weighted by Crippen LogP contribution is 2.32. The molecule has 0 saturated carbocycles. The predicted octanol–water partition coefficient (Wildman–Crippen LogP) is 1.53. The van der Waals surface area contributed by atoms with Crippen molar-refractivity contribution in [3.8, 4) is 0 Å². The predicted molar refractivity (Wildman–Crippen MR) is 71.9 cm³/mol. The van der Waals surface area contributed by atoms with E-state index in [0.29, 0.717) is 6.42 Å². The Balaban J connectivity index is 2.32. The molecule has 10 heteroatoms. The van der Waals surface area contributed by atoms with E-state index in [9.17, 15) is 21.6 Å². The van der Waals surface area contributed by atoms with Crippen LogP contribution in [0.4, 0.5) is 24.9 Å². The lowest BCUT2D eigenvalue weighted by molar-refractivity contribution is -0.141. The molecule has 0 aromatic carbocycles. The summed E-state index contributed by atoms with van der Waals surface area (Å²) in [5.74, 6) is -0.370. The van der Waals surface area contributed by atoms with E-state index in [4.69, 9.17) is 0 Å². The van der Waals surface area contributed by atoms with E-state index < -0.39 is 27.2 Å². The molecule has 2 N–H and O–H groups in total. The molecule has 1 aromatic rings. The average molecular weight is 324 g/mol. The third kappa shape index (κ3) is 3.74. The molecule has 1 atom stereocenters. The molecule has 0 radical (unpaired) electrons. The van der Waals surface area contributed by atoms with Crippen LogP contribution in [-0.2, 0) is 16.0 Å². The number of halogens is 3. The smallest absolute Gasteiger partial charge is 0.364 e. The first-order valence-electron chi connectivity index (χ1n) is 6.16. The summed E-state index contributed by atoms with van der Waals surface area (Å²) in [4.78, 5) is 7.24. The SMILES string of the molecule is CNc1nc(NC2(C)CCS(=O)(=O)C2)cc(C(F)(F)F)n1. The highest BCUT2D eigenvalue weighted by Gasteiger charge is 2.39. The molecule has 2 heterocycles. The topological polar surface area (TPSA) is 84.0 Å². The lowest BCUT2D eigenvalue weighted by Gasteiger charge is -2.25. The van der Waals surface area contributed by atoms with Crippen molar-refractivity contribution < 1.29 is 21.6 Å². The third-order valence-corrected chi connectivity index (χ3v) is 5.08. The van der Waals surface area contributed by atoms with Crippen LogP contribution in [0.3, 0.4) is 0 Å². The quantitative estimate of drug-likeness (QED) is 0.877. The Morgan fingerprint density at radius 3 is 2.48 bits per heavy atom. The van der Waals surface area contributed by atoms with E-state index in [0.717, 1.165) is 6.07 Å². The number of rotatable bonds is 3. The third-order valence-electron chi connectivity index (χ3n) is 3.17. The summed E-state index contributed by atoms with van der Waals surface area (Å²) >= 11 is 0. The molecule has 1 fully saturated rings.